The molecule has 1 unspecified atom stereocenters. The van der Waals surface area contributed by atoms with Crippen molar-refractivity contribution in [3.8, 4) is 5.75 Å². The van der Waals surface area contributed by atoms with Gasteiger partial charge in [0.15, 0.2) is 5.13 Å². The number of nitrogen functional groups attached to an aromatic ring is 1. The van der Waals surface area contributed by atoms with Crippen molar-refractivity contribution >= 4 is 22.4 Å². The van der Waals surface area contributed by atoms with E-state index < -0.39 is 0 Å². The van der Waals surface area contributed by atoms with Crippen molar-refractivity contribution in [2.24, 2.45) is 0 Å². The molecular formula is C15H17N3O2S. The van der Waals surface area contributed by atoms with E-state index in [1.807, 2.05) is 31.2 Å². The Morgan fingerprint density at radius 2 is 2.38 bits per heavy atom. The first-order chi connectivity index (χ1) is 10.2. The number of anilines is 1. The summed E-state index contributed by atoms with van der Waals surface area (Å²) in [6.07, 6.45) is 0.407. The molecule has 1 atom stereocenters. The van der Waals surface area contributed by atoms with Crippen LogP contribution in [0.25, 0.3) is 0 Å². The number of amides is 1. The number of nitrogens with one attached hydrogen (secondary N) is 1. The molecule has 21 heavy (non-hydrogen) atoms. The van der Waals surface area contributed by atoms with Gasteiger partial charge in [0.05, 0.1) is 18.8 Å². The maximum absolute atomic E-state index is 11.9. The van der Waals surface area contributed by atoms with Crippen LogP contribution in [0.15, 0.2) is 24.3 Å². The summed E-state index contributed by atoms with van der Waals surface area (Å²) in [6.45, 7) is 3.02. The fourth-order valence-electron chi connectivity index (χ4n) is 2.57. The predicted octanol–water partition coefficient (Wildman–Crippen LogP) is 2.28. The number of ether oxygens (including phenoxy) is 1. The lowest BCUT2D eigenvalue weighted by atomic mass is 9.93. The normalized spacial score (nSPS) is 17.8. The van der Waals surface area contributed by atoms with Crippen LogP contribution >= 0.6 is 11.3 Å². The number of benzene rings is 1. The Morgan fingerprint density at radius 1 is 1.52 bits per heavy atom. The van der Waals surface area contributed by atoms with Crippen LogP contribution in [0, 0.1) is 0 Å². The molecule has 0 spiro atoms. The number of rotatable bonds is 3. The van der Waals surface area contributed by atoms with Gasteiger partial charge in [0, 0.05) is 17.2 Å². The lowest BCUT2D eigenvalue weighted by molar-refractivity contribution is -0.121. The van der Waals surface area contributed by atoms with Gasteiger partial charge in [-0.1, -0.05) is 12.1 Å². The fourth-order valence-corrected chi connectivity index (χ4v) is 3.55. The second-order valence-corrected chi connectivity index (χ2v) is 5.96. The second kappa shape index (κ2) is 5.73. The molecule has 1 aromatic heterocycles. The first-order valence-electron chi connectivity index (χ1n) is 6.92. The fraction of sp³-hybridized carbons (Fsp3) is 0.333. The van der Waals surface area contributed by atoms with E-state index >= 15 is 0 Å². The molecule has 3 rings (SSSR count). The van der Waals surface area contributed by atoms with Gasteiger partial charge in [-0.05, 0) is 24.6 Å². The number of hydrogen-bond donors (Lipinski definition) is 2. The third kappa shape index (κ3) is 2.85. The number of nitrogens with zero attached hydrogens (tertiary/aromatic N) is 1. The van der Waals surface area contributed by atoms with Gasteiger partial charge in [0.2, 0.25) is 5.91 Å². The summed E-state index contributed by atoms with van der Waals surface area (Å²) in [7, 11) is 0. The SMILES string of the molecule is CCOc1cccc(C2CC(=O)NCc3nc(N)sc32)c1. The largest absolute Gasteiger partial charge is 0.494 e. The third-order valence-corrected chi connectivity index (χ3v) is 4.52. The minimum atomic E-state index is -0.0160. The van der Waals surface area contributed by atoms with Crippen molar-refractivity contribution in [1.29, 1.82) is 0 Å². The number of carbonyl (C=O) groups excluding carboxylic acids is 1. The molecule has 2 aromatic rings. The van der Waals surface area contributed by atoms with Crippen molar-refractivity contribution in [3.63, 3.8) is 0 Å². The molecule has 0 aliphatic carbocycles. The highest BCUT2D eigenvalue weighted by atomic mass is 32.1. The van der Waals surface area contributed by atoms with Crippen LogP contribution in [-0.4, -0.2) is 17.5 Å². The quantitative estimate of drug-likeness (QED) is 0.912. The number of aromatic nitrogens is 1. The minimum Gasteiger partial charge on any atom is -0.494 e. The highest BCUT2D eigenvalue weighted by molar-refractivity contribution is 7.15. The Bertz CT molecular complexity index is 669. The smallest absolute Gasteiger partial charge is 0.221 e. The summed E-state index contributed by atoms with van der Waals surface area (Å²) >= 11 is 1.46. The van der Waals surface area contributed by atoms with Crippen molar-refractivity contribution in [2.45, 2.75) is 25.8 Å². The summed E-state index contributed by atoms with van der Waals surface area (Å²) in [5.74, 6) is 0.835. The lowest BCUT2D eigenvalue weighted by Crippen LogP contribution is -2.21. The molecule has 2 heterocycles. The highest BCUT2D eigenvalue weighted by Crippen LogP contribution is 2.38. The Morgan fingerprint density at radius 3 is 3.19 bits per heavy atom. The molecule has 0 fully saturated rings. The number of hydrogen-bond acceptors (Lipinski definition) is 5. The zero-order valence-corrected chi connectivity index (χ0v) is 12.6. The van der Waals surface area contributed by atoms with Gasteiger partial charge < -0.3 is 15.8 Å². The highest BCUT2D eigenvalue weighted by Gasteiger charge is 2.27. The van der Waals surface area contributed by atoms with E-state index in [1.54, 1.807) is 0 Å². The van der Waals surface area contributed by atoms with Crippen LogP contribution in [0.1, 0.15) is 35.4 Å². The molecule has 1 aliphatic heterocycles. The standard InChI is InChI=1S/C15H17N3O2S/c1-2-20-10-5-3-4-9(6-10)11-7-13(19)17-8-12-14(11)21-15(16)18-12/h3-6,11H,2,7-8H2,1H3,(H2,16,18)(H,17,19). The number of nitrogens with two attached hydrogens (primary N) is 1. The Labute approximate surface area is 127 Å². The summed E-state index contributed by atoms with van der Waals surface area (Å²) in [6, 6.07) is 7.89. The van der Waals surface area contributed by atoms with Gasteiger partial charge >= 0.3 is 0 Å². The van der Waals surface area contributed by atoms with Gasteiger partial charge in [-0.15, -0.1) is 11.3 Å². The van der Waals surface area contributed by atoms with E-state index in [4.69, 9.17) is 10.5 Å². The van der Waals surface area contributed by atoms with E-state index in [-0.39, 0.29) is 11.8 Å². The van der Waals surface area contributed by atoms with Crippen molar-refractivity contribution in [2.75, 3.05) is 12.3 Å². The van der Waals surface area contributed by atoms with Crippen LogP contribution in [0.4, 0.5) is 5.13 Å². The number of thiazole rings is 1. The molecule has 110 valence electrons. The molecule has 6 heteroatoms. The average Bonchev–Trinajstić information content (AvgIpc) is 2.77. The van der Waals surface area contributed by atoms with Gasteiger partial charge in [-0.25, -0.2) is 4.98 Å². The van der Waals surface area contributed by atoms with Gasteiger partial charge in [-0.2, -0.15) is 0 Å². The number of carbonyl (C=O) groups is 1. The molecule has 3 N–H and O–H groups in total. The van der Waals surface area contributed by atoms with Crippen molar-refractivity contribution < 1.29 is 9.53 Å². The molecule has 0 saturated carbocycles. The predicted molar refractivity (Wildman–Crippen MR) is 82.4 cm³/mol. The molecule has 0 saturated heterocycles. The summed E-state index contributed by atoms with van der Waals surface area (Å²) in [5, 5.41) is 3.42. The topological polar surface area (TPSA) is 77.2 Å². The first-order valence-corrected chi connectivity index (χ1v) is 7.73. The lowest BCUT2D eigenvalue weighted by Gasteiger charge is -2.15. The Hall–Kier alpha value is -2.08. The molecule has 0 bridgehead atoms. The number of fused-ring (bicyclic) bond motifs is 1. The van der Waals surface area contributed by atoms with Crippen LogP contribution in [0.2, 0.25) is 0 Å². The van der Waals surface area contributed by atoms with Crippen LogP contribution in [0.3, 0.4) is 0 Å². The van der Waals surface area contributed by atoms with Gasteiger partial charge in [0.1, 0.15) is 5.75 Å². The maximum Gasteiger partial charge on any atom is 0.221 e. The van der Waals surface area contributed by atoms with E-state index in [2.05, 4.69) is 10.3 Å². The Balaban J connectivity index is 2.02. The molecule has 1 aromatic carbocycles. The zero-order valence-electron chi connectivity index (χ0n) is 11.8. The minimum absolute atomic E-state index is 0.0160. The molecular weight excluding hydrogens is 286 g/mol. The van der Waals surface area contributed by atoms with E-state index in [9.17, 15) is 4.79 Å². The average molecular weight is 303 g/mol. The van der Waals surface area contributed by atoms with Crippen LogP contribution in [-0.2, 0) is 11.3 Å². The summed E-state index contributed by atoms with van der Waals surface area (Å²) < 4.78 is 5.55. The Kier molecular flexibility index (Phi) is 3.79. The van der Waals surface area contributed by atoms with E-state index in [1.165, 1.54) is 11.3 Å². The molecule has 5 nitrogen and oxygen atoms in total. The second-order valence-electron chi connectivity index (χ2n) is 4.90. The first kappa shape index (κ1) is 13.9. The molecule has 0 radical (unpaired) electrons. The molecule has 1 amide bonds. The molecule has 1 aliphatic rings. The van der Waals surface area contributed by atoms with Crippen molar-refractivity contribution in [3.05, 3.63) is 40.4 Å². The zero-order chi connectivity index (χ0) is 14.8. The third-order valence-electron chi connectivity index (χ3n) is 3.47. The summed E-state index contributed by atoms with van der Waals surface area (Å²) in [5.41, 5.74) is 7.76. The summed E-state index contributed by atoms with van der Waals surface area (Å²) in [4.78, 5) is 17.3. The van der Waals surface area contributed by atoms with Gasteiger partial charge in [-0.3, -0.25) is 4.79 Å². The van der Waals surface area contributed by atoms with E-state index in [0.717, 1.165) is 21.9 Å². The van der Waals surface area contributed by atoms with E-state index in [0.29, 0.717) is 24.7 Å². The monoisotopic (exact) mass is 303 g/mol. The van der Waals surface area contributed by atoms with Crippen LogP contribution in [0.5, 0.6) is 5.75 Å². The maximum atomic E-state index is 11.9. The van der Waals surface area contributed by atoms with Crippen LogP contribution < -0.4 is 15.8 Å². The van der Waals surface area contributed by atoms with Gasteiger partial charge in [0.25, 0.3) is 0 Å². The van der Waals surface area contributed by atoms with Crippen molar-refractivity contribution in [1.82, 2.24) is 10.3 Å².